The summed E-state index contributed by atoms with van der Waals surface area (Å²) in [6.07, 6.45) is 0.0455. The number of unbranched alkanes of at least 4 members (excludes halogenated alkanes) is 1. The van der Waals surface area contributed by atoms with Gasteiger partial charge >= 0.3 is 6.36 Å². The molecule has 9 heteroatoms. The number of hydrogen-bond donors (Lipinski definition) is 2. The molecule has 0 radical (unpaired) electrons. The van der Waals surface area contributed by atoms with Crippen molar-refractivity contribution >= 4 is 29.9 Å². The third kappa shape index (κ3) is 10.4. The molecular formula is C19H30F3IN4O. The quantitative estimate of drug-likeness (QED) is 0.237. The largest absolute Gasteiger partial charge is 0.573 e. The van der Waals surface area contributed by atoms with Gasteiger partial charge in [0.25, 0.3) is 0 Å². The highest BCUT2D eigenvalue weighted by molar-refractivity contribution is 14.0. The highest BCUT2D eigenvalue weighted by Crippen LogP contribution is 2.22. The maximum atomic E-state index is 12.1. The number of piperidine rings is 1. The molecule has 2 rings (SSSR count). The first kappa shape index (κ1) is 24.8. The summed E-state index contributed by atoms with van der Waals surface area (Å²) in [4.78, 5) is 6.72. The Morgan fingerprint density at radius 3 is 2.46 bits per heavy atom. The van der Waals surface area contributed by atoms with Crippen LogP contribution in [0, 0.1) is 5.92 Å². The number of benzene rings is 1. The fraction of sp³-hybridized carbons (Fsp3) is 0.632. The average Bonchev–Trinajstić information content (AvgIpc) is 2.61. The van der Waals surface area contributed by atoms with Gasteiger partial charge in [0.2, 0.25) is 0 Å². The maximum Gasteiger partial charge on any atom is 0.573 e. The first-order chi connectivity index (χ1) is 12.8. The molecule has 1 aromatic rings. The number of nitrogens with zero attached hydrogens (tertiary/aromatic N) is 2. The van der Waals surface area contributed by atoms with Crippen LogP contribution in [0.1, 0.15) is 38.2 Å². The summed E-state index contributed by atoms with van der Waals surface area (Å²) < 4.78 is 40.2. The number of nitrogens with one attached hydrogen (secondary N) is 1. The van der Waals surface area contributed by atoms with Gasteiger partial charge in [-0.05, 0) is 68.9 Å². The predicted molar refractivity (Wildman–Crippen MR) is 116 cm³/mol. The van der Waals surface area contributed by atoms with E-state index in [0.29, 0.717) is 12.5 Å². The third-order valence-electron chi connectivity index (χ3n) is 4.67. The van der Waals surface area contributed by atoms with Crippen LogP contribution in [-0.4, -0.2) is 43.4 Å². The molecule has 1 fully saturated rings. The number of rotatable bonds is 8. The second kappa shape index (κ2) is 12.4. The van der Waals surface area contributed by atoms with E-state index in [4.69, 9.17) is 5.73 Å². The van der Waals surface area contributed by atoms with Gasteiger partial charge in [-0.3, -0.25) is 0 Å². The molecule has 1 aromatic carbocycles. The van der Waals surface area contributed by atoms with Crippen molar-refractivity contribution in [1.29, 1.82) is 0 Å². The van der Waals surface area contributed by atoms with Crippen molar-refractivity contribution in [2.75, 3.05) is 26.2 Å². The van der Waals surface area contributed by atoms with Crippen LogP contribution in [0.4, 0.5) is 13.2 Å². The van der Waals surface area contributed by atoms with Crippen molar-refractivity contribution < 1.29 is 17.9 Å². The zero-order valence-corrected chi connectivity index (χ0v) is 18.5. The molecular weight excluding hydrogens is 484 g/mol. The van der Waals surface area contributed by atoms with Gasteiger partial charge < -0.3 is 20.7 Å². The smallest absolute Gasteiger partial charge is 0.406 e. The lowest BCUT2D eigenvalue weighted by atomic mass is 9.99. The summed E-state index contributed by atoms with van der Waals surface area (Å²) in [7, 11) is 0. The number of ether oxygens (including phenoxy) is 1. The number of aliphatic imine (C=N–C) groups is 1. The van der Waals surface area contributed by atoms with E-state index >= 15 is 0 Å². The second-order valence-corrected chi connectivity index (χ2v) is 7.05. The number of nitrogens with two attached hydrogens (primary N) is 1. The number of guanidine groups is 1. The van der Waals surface area contributed by atoms with Crippen LogP contribution in [0.3, 0.4) is 0 Å². The standard InChI is InChI=1S/C19H29F3N4O.HI/c1-15-8-12-26(13-9-15)11-3-2-10-24-18(23)25-14-16-4-6-17(7-5-16)27-19(20,21)22;/h4-7,15H,2-3,8-14H2,1H3,(H3,23,24,25);1H. The Morgan fingerprint density at radius 1 is 1.21 bits per heavy atom. The first-order valence-electron chi connectivity index (χ1n) is 9.42. The molecule has 0 saturated carbocycles. The van der Waals surface area contributed by atoms with Gasteiger partial charge in [-0.2, -0.15) is 0 Å². The Balaban J connectivity index is 0.00000392. The topological polar surface area (TPSA) is 62.9 Å². The van der Waals surface area contributed by atoms with E-state index in [-0.39, 0.29) is 29.7 Å². The highest BCUT2D eigenvalue weighted by Gasteiger charge is 2.30. The van der Waals surface area contributed by atoms with Crippen molar-refractivity contribution in [3.63, 3.8) is 0 Å². The van der Waals surface area contributed by atoms with Gasteiger partial charge in [-0.15, -0.1) is 37.1 Å². The molecule has 0 spiro atoms. The summed E-state index contributed by atoms with van der Waals surface area (Å²) >= 11 is 0. The van der Waals surface area contributed by atoms with Gasteiger partial charge in [0.1, 0.15) is 5.75 Å². The second-order valence-electron chi connectivity index (χ2n) is 7.05. The molecule has 160 valence electrons. The Bertz CT molecular complexity index is 588. The van der Waals surface area contributed by atoms with E-state index < -0.39 is 6.36 Å². The molecule has 0 aromatic heterocycles. The Labute approximate surface area is 181 Å². The number of hydrogen-bond acceptors (Lipinski definition) is 3. The van der Waals surface area contributed by atoms with E-state index in [1.54, 1.807) is 0 Å². The summed E-state index contributed by atoms with van der Waals surface area (Å²) in [6.45, 7) is 6.90. The fourth-order valence-corrected chi connectivity index (χ4v) is 2.99. The summed E-state index contributed by atoms with van der Waals surface area (Å²) in [5.74, 6) is 0.953. The molecule has 1 aliphatic rings. The molecule has 1 saturated heterocycles. The third-order valence-corrected chi connectivity index (χ3v) is 4.67. The fourth-order valence-electron chi connectivity index (χ4n) is 2.99. The molecule has 1 aliphatic heterocycles. The van der Waals surface area contributed by atoms with Gasteiger partial charge in [-0.1, -0.05) is 19.1 Å². The minimum atomic E-state index is -4.68. The lowest BCUT2D eigenvalue weighted by Gasteiger charge is -2.30. The lowest BCUT2D eigenvalue weighted by molar-refractivity contribution is -0.274. The van der Waals surface area contributed by atoms with E-state index in [1.165, 1.54) is 50.2 Å². The minimum absolute atomic E-state index is 0. The van der Waals surface area contributed by atoms with Crippen LogP contribution >= 0.6 is 24.0 Å². The molecule has 0 aliphatic carbocycles. The molecule has 0 bridgehead atoms. The van der Waals surface area contributed by atoms with Crippen molar-refractivity contribution in [3.05, 3.63) is 29.8 Å². The molecule has 0 amide bonds. The van der Waals surface area contributed by atoms with Crippen molar-refractivity contribution in [2.45, 2.75) is 45.5 Å². The monoisotopic (exact) mass is 514 g/mol. The molecule has 5 nitrogen and oxygen atoms in total. The van der Waals surface area contributed by atoms with E-state index in [2.05, 4.69) is 26.9 Å². The van der Waals surface area contributed by atoms with Gasteiger partial charge in [-0.25, -0.2) is 4.99 Å². The highest BCUT2D eigenvalue weighted by atomic mass is 127. The minimum Gasteiger partial charge on any atom is -0.406 e. The van der Waals surface area contributed by atoms with E-state index in [9.17, 15) is 13.2 Å². The van der Waals surface area contributed by atoms with Crippen molar-refractivity contribution in [1.82, 2.24) is 10.2 Å². The number of alkyl halides is 3. The van der Waals surface area contributed by atoms with Crippen LogP contribution < -0.4 is 15.8 Å². The summed E-state index contributed by atoms with van der Waals surface area (Å²) in [5.41, 5.74) is 6.59. The Hall–Kier alpha value is -1.23. The van der Waals surface area contributed by atoms with Crippen LogP contribution in [0.5, 0.6) is 5.75 Å². The van der Waals surface area contributed by atoms with E-state index in [0.717, 1.165) is 37.4 Å². The lowest BCUT2D eigenvalue weighted by Crippen LogP contribution is -2.35. The van der Waals surface area contributed by atoms with Gasteiger partial charge in [0, 0.05) is 6.54 Å². The zero-order chi connectivity index (χ0) is 19.7. The van der Waals surface area contributed by atoms with Crippen molar-refractivity contribution in [3.8, 4) is 5.75 Å². The van der Waals surface area contributed by atoms with Crippen LogP contribution in [-0.2, 0) is 6.54 Å². The predicted octanol–water partition coefficient (Wildman–Crippen LogP) is 4.12. The normalized spacial score (nSPS) is 16.5. The molecule has 3 N–H and O–H groups in total. The van der Waals surface area contributed by atoms with E-state index in [1.807, 2.05) is 0 Å². The Kier molecular flexibility index (Phi) is 10.9. The van der Waals surface area contributed by atoms with Crippen LogP contribution in [0.2, 0.25) is 0 Å². The number of likely N-dealkylation sites (tertiary alicyclic amines) is 1. The summed E-state index contributed by atoms with van der Waals surface area (Å²) in [6, 6.07) is 5.61. The van der Waals surface area contributed by atoms with Crippen LogP contribution in [0.15, 0.2) is 29.3 Å². The number of halogens is 4. The van der Waals surface area contributed by atoms with Crippen LogP contribution in [0.25, 0.3) is 0 Å². The SMILES string of the molecule is CC1CCN(CCCCNC(N)=NCc2ccc(OC(F)(F)F)cc2)CC1.I. The van der Waals surface area contributed by atoms with Gasteiger partial charge in [0.05, 0.1) is 6.54 Å². The van der Waals surface area contributed by atoms with Gasteiger partial charge in [0.15, 0.2) is 5.96 Å². The molecule has 1 heterocycles. The summed E-state index contributed by atoms with van der Waals surface area (Å²) in [5, 5.41) is 3.08. The molecule has 28 heavy (non-hydrogen) atoms. The van der Waals surface area contributed by atoms with Crippen molar-refractivity contribution in [2.24, 2.45) is 16.6 Å². The zero-order valence-electron chi connectivity index (χ0n) is 16.2. The maximum absolute atomic E-state index is 12.1. The Morgan fingerprint density at radius 2 is 1.86 bits per heavy atom. The molecule has 0 atom stereocenters. The first-order valence-corrected chi connectivity index (χ1v) is 9.42. The molecule has 0 unspecified atom stereocenters. The average molecular weight is 514 g/mol.